The lowest BCUT2D eigenvalue weighted by Crippen LogP contribution is -2.29. The number of ether oxygens (including phenoxy) is 1. The first-order chi connectivity index (χ1) is 11.6. The largest absolute Gasteiger partial charge is 0.384 e. The van der Waals surface area contributed by atoms with Gasteiger partial charge in [-0.05, 0) is 35.9 Å². The summed E-state index contributed by atoms with van der Waals surface area (Å²) in [6.07, 6.45) is 3.51. The highest BCUT2D eigenvalue weighted by molar-refractivity contribution is 6.31. The van der Waals surface area contributed by atoms with Crippen LogP contribution in [0.3, 0.4) is 0 Å². The van der Waals surface area contributed by atoms with Crippen LogP contribution in [0.5, 0.6) is 0 Å². The number of pyridine rings is 1. The van der Waals surface area contributed by atoms with Crippen LogP contribution in [0.2, 0.25) is 5.02 Å². The van der Waals surface area contributed by atoms with Crippen LogP contribution >= 0.6 is 11.6 Å². The second-order valence-electron chi connectivity index (χ2n) is 5.94. The third kappa shape index (κ3) is 3.42. The van der Waals surface area contributed by atoms with Crippen molar-refractivity contribution >= 4 is 17.5 Å². The molecule has 2 aromatic rings. The molecule has 0 N–H and O–H groups in total. The Morgan fingerprint density at radius 2 is 2.08 bits per heavy atom. The van der Waals surface area contributed by atoms with Gasteiger partial charge in [-0.2, -0.15) is 0 Å². The maximum Gasteiger partial charge on any atom is 0.253 e. The number of hydrogen-bond donors (Lipinski definition) is 0. The highest BCUT2D eigenvalue weighted by atomic mass is 35.5. The van der Waals surface area contributed by atoms with Gasteiger partial charge in [0.05, 0.1) is 11.6 Å². The Balaban J connectivity index is 1.82. The minimum Gasteiger partial charge on any atom is -0.384 e. The molecule has 3 rings (SSSR count). The minimum absolute atomic E-state index is 0.0424. The summed E-state index contributed by atoms with van der Waals surface area (Å²) in [4.78, 5) is 18.6. The van der Waals surface area contributed by atoms with E-state index in [9.17, 15) is 9.18 Å². The number of aromatic nitrogens is 1. The summed E-state index contributed by atoms with van der Waals surface area (Å²) in [6.45, 7) is 1.75. The fourth-order valence-corrected chi connectivity index (χ4v) is 3.40. The summed E-state index contributed by atoms with van der Waals surface area (Å²) < 4.78 is 18.6. The van der Waals surface area contributed by atoms with E-state index in [0.717, 1.165) is 5.56 Å². The van der Waals surface area contributed by atoms with Crippen LogP contribution < -0.4 is 0 Å². The van der Waals surface area contributed by atoms with Crippen LogP contribution in [0.15, 0.2) is 42.7 Å². The first kappa shape index (κ1) is 16.9. The van der Waals surface area contributed by atoms with E-state index in [1.165, 1.54) is 18.2 Å². The number of carbonyl (C=O) groups is 1. The average molecular weight is 349 g/mol. The Morgan fingerprint density at radius 3 is 2.75 bits per heavy atom. The molecule has 4 nitrogen and oxygen atoms in total. The van der Waals surface area contributed by atoms with Crippen molar-refractivity contribution < 1.29 is 13.9 Å². The zero-order valence-electron chi connectivity index (χ0n) is 13.3. The van der Waals surface area contributed by atoms with Crippen molar-refractivity contribution in [1.29, 1.82) is 0 Å². The van der Waals surface area contributed by atoms with Gasteiger partial charge in [-0.25, -0.2) is 4.39 Å². The Bertz CT molecular complexity index is 726. The van der Waals surface area contributed by atoms with E-state index in [2.05, 4.69) is 4.98 Å². The third-order valence-corrected chi connectivity index (χ3v) is 4.70. The summed E-state index contributed by atoms with van der Waals surface area (Å²) >= 11 is 5.79. The minimum atomic E-state index is -0.526. The molecular formula is C18H18ClFN2O2. The van der Waals surface area contributed by atoms with Crippen molar-refractivity contribution in [2.24, 2.45) is 5.92 Å². The molecule has 1 aliphatic rings. The van der Waals surface area contributed by atoms with Crippen molar-refractivity contribution in [2.45, 2.75) is 5.92 Å². The van der Waals surface area contributed by atoms with Crippen LogP contribution in [0.4, 0.5) is 4.39 Å². The summed E-state index contributed by atoms with van der Waals surface area (Å²) in [5, 5.41) is -0.0424. The zero-order chi connectivity index (χ0) is 17.1. The van der Waals surface area contributed by atoms with Gasteiger partial charge in [-0.15, -0.1) is 0 Å². The number of methoxy groups -OCH3 is 1. The van der Waals surface area contributed by atoms with Gasteiger partial charge in [-0.1, -0.05) is 11.6 Å². The van der Waals surface area contributed by atoms with Gasteiger partial charge in [0.15, 0.2) is 0 Å². The number of nitrogens with zero attached hydrogens (tertiary/aromatic N) is 2. The van der Waals surface area contributed by atoms with Crippen molar-refractivity contribution in [3.8, 4) is 0 Å². The maximum atomic E-state index is 13.3. The standard InChI is InChI=1S/C18H18ClFN2O2/c1-24-11-14-9-22(10-15(14)12-4-6-21-7-5-12)18(23)13-2-3-17(20)16(19)8-13/h2-8,14-15H,9-11H2,1H3. The number of likely N-dealkylation sites (tertiary alicyclic amines) is 1. The average Bonchev–Trinajstić information content (AvgIpc) is 3.02. The Kier molecular flexibility index (Phi) is 5.11. The number of rotatable bonds is 4. The Labute approximate surface area is 145 Å². The second-order valence-corrected chi connectivity index (χ2v) is 6.35. The topological polar surface area (TPSA) is 42.4 Å². The molecule has 1 saturated heterocycles. The van der Waals surface area contributed by atoms with Crippen LogP contribution in [0.1, 0.15) is 21.8 Å². The van der Waals surface area contributed by atoms with E-state index in [-0.39, 0.29) is 22.8 Å². The highest BCUT2D eigenvalue weighted by Gasteiger charge is 2.36. The zero-order valence-corrected chi connectivity index (χ0v) is 14.0. The first-order valence-electron chi connectivity index (χ1n) is 7.73. The molecule has 0 saturated carbocycles. The maximum absolute atomic E-state index is 13.3. The molecule has 1 aromatic heterocycles. The van der Waals surface area contributed by atoms with Gasteiger partial charge in [0.1, 0.15) is 5.82 Å². The number of amides is 1. The predicted octanol–water partition coefficient (Wildman–Crippen LogP) is 3.38. The van der Waals surface area contributed by atoms with Crippen LogP contribution in [0, 0.1) is 11.7 Å². The molecule has 1 aliphatic heterocycles. The first-order valence-corrected chi connectivity index (χ1v) is 8.11. The van der Waals surface area contributed by atoms with E-state index >= 15 is 0 Å². The van der Waals surface area contributed by atoms with Crippen LogP contribution in [0.25, 0.3) is 0 Å². The monoisotopic (exact) mass is 348 g/mol. The summed E-state index contributed by atoms with van der Waals surface area (Å²) in [5.41, 5.74) is 1.53. The molecule has 24 heavy (non-hydrogen) atoms. The van der Waals surface area contributed by atoms with Crippen molar-refractivity contribution in [1.82, 2.24) is 9.88 Å². The fraction of sp³-hybridized carbons (Fsp3) is 0.333. The summed E-state index contributed by atoms with van der Waals surface area (Å²) in [7, 11) is 1.66. The third-order valence-electron chi connectivity index (χ3n) is 4.41. The highest BCUT2D eigenvalue weighted by Crippen LogP contribution is 2.33. The molecule has 2 atom stereocenters. The number of halogens is 2. The van der Waals surface area contributed by atoms with E-state index in [4.69, 9.17) is 16.3 Å². The van der Waals surface area contributed by atoms with Gasteiger partial charge in [0, 0.05) is 50.0 Å². The molecule has 2 unspecified atom stereocenters. The molecule has 1 aromatic carbocycles. The number of carbonyl (C=O) groups excluding carboxylic acids is 1. The lowest BCUT2D eigenvalue weighted by molar-refractivity contribution is 0.0775. The second kappa shape index (κ2) is 7.28. The van der Waals surface area contributed by atoms with Gasteiger partial charge < -0.3 is 9.64 Å². The van der Waals surface area contributed by atoms with E-state index in [0.29, 0.717) is 25.3 Å². The molecule has 0 bridgehead atoms. The van der Waals surface area contributed by atoms with Gasteiger partial charge in [0.2, 0.25) is 0 Å². The SMILES string of the molecule is COCC1CN(C(=O)c2ccc(F)c(Cl)c2)CC1c1ccncc1. The molecule has 6 heteroatoms. The predicted molar refractivity (Wildman–Crippen MR) is 89.7 cm³/mol. The number of benzene rings is 1. The van der Waals surface area contributed by atoms with Crippen LogP contribution in [-0.2, 0) is 4.74 Å². The molecule has 1 fully saturated rings. The molecule has 0 spiro atoms. The quantitative estimate of drug-likeness (QED) is 0.850. The molecule has 1 amide bonds. The molecule has 2 heterocycles. The summed E-state index contributed by atoms with van der Waals surface area (Å²) in [6, 6.07) is 8.00. The van der Waals surface area contributed by atoms with Gasteiger partial charge >= 0.3 is 0 Å². The lowest BCUT2D eigenvalue weighted by Gasteiger charge is -2.17. The van der Waals surface area contributed by atoms with Crippen molar-refractivity contribution in [3.05, 3.63) is 64.7 Å². The Morgan fingerprint density at radius 1 is 1.33 bits per heavy atom. The molecule has 0 aliphatic carbocycles. The van der Waals surface area contributed by atoms with Gasteiger partial charge in [0.25, 0.3) is 5.91 Å². The molecule has 126 valence electrons. The fourth-order valence-electron chi connectivity index (χ4n) is 3.22. The van der Waals surface area contributed by atoms with Gasteiger partial charge in [-0.3, -0.25) is 9.78 Å². The molecular weight excluding hydrogens is 331 g/mol. The van der Waals surface area contributed by atoms with E-state index in [1.807, 2.05) is 12.1 Å². The van der Waals surface area contributed by atoms with Crippen molar-refractivity contribution in [2.75, 3.05) is 26.8 Å². The normalized spacial score (nSPS) is 20.4. The smallest absolute Gasteiger partial charge is 0.253 e. The van der Waals surface area contributed by atoms with E-state index in [1.54, 1.807) is 24.4 Å². The van der Waals surface area contributed by atoms with Crippen LogP contribution in [-0.4, -0.2) is 42.6 Å². The van der Waals surface area contributed by atoms with Crippen molar-refractivity contribution in [3.63, 3.8) is 0 Å². The Hall–Kier alpha value is -1.98. The summed E-state index contributed by atoms with van der Waals surface area (Å²) in [5.74, 6) is -0.277. The number of hydrogen-bond acceptors (Lipinski definition) is 3. The molecule has 0 radical (unpaired) electrons. The van der Waals surface area contributed by atoms with E-state index < -0.39 is 5.82 Å². The lowest BCUT2D eigenvalue weighted by atomic mass is 9.90.